The van der Waals surface area contributed by atoms with E-state index < -0.39 is 10.0 Å². The molecule has 0 spiro atoms. The summed E-state index contributed by atoms with van der Waals surface area (Å²) in [6, 6.07) is 16.6. The molecular weight excluding hydrogens is 400 g/mol. The number of hydrogen-bond donors (Lipinski definition) is 2. The number of para-hydroxylation sites is 1. The summed E-state index contributed by atoms with van der Waals surface area (Å²) >= 11 is 0. The van der Waals surface area contributed by atoms with E-state index in [1.807, 2.05) is 30.3 Å². The third-order valence-electron chi connectivity index (χ3n) is 5.04. The van der Waals surface area contributed by atoms with E-state index in [1.165, 1.54) is 12.1 Å². The first-order valence-corrected chi connectivity index (χ1v) is 11.9. The Morgan fingerprint density at radius 1 is 1.13 bits per heavy atom. The molecule has 3 rings (SSSR count). The fourth-order valence-corrected chi connectivity index (χ4v) is 3.95. The SMILES string of the molecule is CCNC(=NCCc1ccc(S(N)(=O)=O)cc1)N1CCC(Oc2ccccc2)CC1. The van der Waals surface area contributed by atoms with Crippen LogP contribution in [0.5, 0.6) is 5.75 Å². The van der Waals surface area contributed by atoms with Gasteiger partial charge in [0.05, 0.1) is 4.90 Å². The summed E-state index contributed by atoms with van der Waals surface area (Å²) in [5.41, 5.74) is 1.02. The number of rotatable bonds is 7. The lowest BCUT2D eigenvalue weighted by molar-refractivity contribution is 0.129. The smallest absolute Gasteiger partial charge is 0.238 e. The lowest BCUT2D eigenvalue weighted by Gasteiger charge is -2.34. The number of primary sulfonamides is 1. The van der Waals surface area contributed by atoms with E-state index in [0.29, 0.717) is 6.54 Å². The van der Waals surface area contributed by atoms with Gasteiger partial charge in [0.2, 0.25) is 10.0 Å². The fourth-order valence-electron chi connectivity index (χ4n) is 3.44. The molecule has 1 heterocycles. The van der Waals surface area contributed by atoms with Crippen molar-refractivity contribution < 1.29 is 13.2 Å². The second-order valence-electron chi connectivity index (χ2n) is 7.29. The van der Waals surface area contributed by atoms with Gasteiger partial charge in [-0.15, -0.1) is 0 Å². The molecule has 0 aromatic heterocycles. The van der Waals surface area contributed by atoms with Crippen LogP contribution in [-0.4, -0.2) is 51.6 Å². The second kappa shape index (κ2) is 10.4. The lowest BCUT2D eigenvalue weighted by atomic mass is 10.1. The van der Waals surface area contributed by atoms with Crippen LogP contribution in [-0.2, 0) is 16.4 Å². The van der Waals surface area contributed by atoms with Crippen LogP contribution in [0.2, 0.25) is 0 Å². The minimum atomic E-state index is -3.65. The van der Waals surface area contributed by atoms with E-state index in [2.05, 4.69) is 17.1 Å². The van der Waals surface area contributed by atoms with Crippen LogP contribution in [0.4, 0.5) is 0 Å². The molecule has 0 atom stereocenters. The monoisotopic (exact) mass is 430 g/mol. The summed E-state index contributed by atoms with van der Waals surface area (Å²) < 4.78 is 28.8. The maximum atomic E-state index is 11.4. The lowest BCUT2D eigenvalue weighted by Crippen LogP contribution is -2.47. The zero-order chi connectivity index (χ0) is 21.4. The van der Waals surface area contributed by atoms with Gasteiger partial charge in [0, 0.05) is 39.0 Å². The zero-order valence-corrected chi connectivity index (χ0v) is 18.1. The zero-order valence-electron chi connectivity index (χ0n) is 17.3. The molecule has 1 fully saturated rings. The Morgan fingerprint density at radius 2 is 1.80 bits per heavy atom. The maximum absolute atomic E-state index is 11.4. The van der Waals surface area contributed by atoms with Crippen molar-refractivity contribution in [3.63, 3.8) is 0 Å². The molecule has 30 heavy (non-hydrogen) atoms. The number of nitrogens with one attached hydrogen (secondary N) is 1. The third kappa shape index (κ3) is 6.47. The number of aliphatic imine (C=N–C) groups is 1. The van der Waals surface area contributed by atoms with Gasteiger partial charge in [0.15, 0.2) is 5.96 Å². The number of sulfonamides is 1. The Balaban J connectivity index is 1.52. The number of ether oxygens (including phenoxy) is 1. The molecular formula is C22H30N4O3S. The highest BCUT2D eigenvalue weighted by Gasteiger charge is 2.22. The summed E-state index contributed by atoms with van der Waals surface area (Å²) in [7, 11) is -3.65. The highest BCUT2D eigenvalue weighted by Crippen LogP contribution is 2.18. The van der Waals surface area contributed by atoms with Gasteiger partial charge in [-0.05, 0) is 43.2 Å². The summed E-state index contributed by atoms with van der Waals surface area (Å²) in [6.07, 6.45) is 2.86. The first-order valence-electron chi connectivity index (χ1n) is 10.3. The van der Waals surface area contributed by atoms with E-state index in [9.17, 15) is 8.42 Å². The van der Waals surface area contributed by atoms with Gasteiger partial charge in [-0.25, -0.2) is 13.6 Å². The molecule has 0 aliphatic carbocycles. The van der Waals surface area contributed by atoms with Crippen LogP contribution in [0.3, 0.4) is 0 Å². The molecule has 0 bridgehead atoms. The van der Waals surface area contributed by atoms with E-state index in [4.69, 9.17) is 14.9 Å². The van der Waals surface area contributed by atoms with E-state index in [-0.39, 0.29) is 11.0 Å². The van der Waals surface area contributed by atoms with Crippen LogP contribution in [0.15, 0.2) is 64.5 Å². The van der Waals surface area contributed by atoms with Crippen molar-refractivity contribution in [2.45, 2.75) is 37.2 Å². The van der Waals surface area contributed by atoms with Crippen LogP contribution in [0, 0.1) is 0 Å². The Morgan fingerprint density at radius 3 is 2.40 bits per heavy atom. The van der Waals surface area contributed by atoms with Crippen molar-refractivity contribution in [1.29, 1.82) is 0 Å². The molecule has 0 unspecified atom stereocenters. The van der Waals surface area contributed by atoms with Crippen molar-refractivity contribution in [3.8, 4) is 5.75 Å². The molecule has 2 aromatic rings. The van der Waals surface area contributed by atoms with E-state index in [0.717, 1.165) is 56.2 Å². The molecule has 0 amide bonds. The molecule has 162 valence electrons. The minimum Gasteiger partial charge on any atom is -0.490 e. The highest BCUT2D eigenvalue weighted by molar-refractivity contribution is 7.89. The van der Waals surface area contributed by atoms with Crippen LogP contribution < -0.4 is 15.2 Å². The predicted octanol–water partition coefficient (Wildman–Crippen LogP) is 2.39. The van der Waals surface area contributed by atoms with Gasteiger partial charge < -0.3 is 15.0 Å². The Labute approximate surface area is 179 Å². The first-order chi connectivity index (χ1) is 14.5. The molecule has 1 saturated heterocycles. The molecule has 2 aromatic carbocycles. The number of piperidine rings is 1. The summed E-state index contributed by atoms with van der Waals surface area (Å²) in [6.45, 7) is 5.28. The average molecular weight is 431 g/mol. The fraction of sp³-hybridized carbons (Fsp3) is 0.409. The molecule has 3 N–H and O–H groups in total. The van der Waals surface area contributed by atoms with Crippen molar-refractivity contribution in [2.75, 3.05) is 26.2 Å². The van der Waals surface area contributed by atoms with Gasteiger partial charge in [0.25, 0.3) is 0 Å². The van der Waals surface area contributed by atoms with Gasteiger partial charge in [-0.3, -0.25) is 4.99 Å². The number of likely N-dealkylation sites (tertiary alicyclic amines) is 1. The van der Waals surface area contributed by atoms with E-state index >= 15 is 0 Å². The Kier molecular flexibility index (Phi) is 7.70. The van der Waals surface area contributed by atoms with Crippen molar-refractivity contribution >= 4 is 16.0 Å². The minimum absolute atomic E-state index is 0.128. The maximum Gasteiger partial charge on any atom is 0.238 e. The summed E-state index contributed by atoms with van der Waals surface area (Å²) in [5, 5.41) is 8.51. The average Bonchev–Trinajstić information content (AvgIpc) is 2.74. The molecule has 1 aliphatic rings. The van der Waals surface area contributed by atoms with Crippen LogP contribution in [0.1, 0.15) is 25.3 Å². The van der Waals surface area contributed by atoms with Crippen LogP contribution in [0.25, 0.3) is 0 Å². The molecule has 0 radical (unpaired) electrons. The second-order valence-corrected chi connectivity index (χ2v) is 8.85. The standard InChI is InChI=1S/C22H30N4O3S/c1-2-24-22(25-15-12-18-8-10-21(11-9-18)30(23,27)28)26-16-13-20(14-17-26)29-19-6-4-3-5-7-19/h3-11,20H,2,12-17H2,1H3,(H,24,25)(H2,23,27,28). The summed E-state index contributed by atoms with van der Waals surface area (Å²) in [4.78, 5) is 7.16. The first kappa shape index (κ1) is 22.1. The van der Waals surface area contributed by atoms with Gasteiger partial charge >= 0.3 is 0 Å². The molecule has 0 saturated carbocycles. The van der Waals surface area contributed by atoms with Crippen LogP contribution >= 0.6 is 0 Å². The number of benzene rings is 2. The van der Waals surface area contributed by atoms with Gasteiger partial charge in [-0.1, -0.05) is 30.3 Å². The number of nitrogens with two attached hydrogens (primary N) is 1. The van der Waals surface area contributed by atoms with E-state index in [1.54, 1.807) is 12.1 Å². The Hall–Kier alpha value is -2.58. The molecule has 7 nitrogen and oxygen atoms in total. The predicted molar refractivity (Wildman–Crippen MR) is 119 cm³/mol. The molecule has 8 heteroatoms. The van der Waals surface area contributed by atoms with Gasteiger partial charge in [-0.2, -0.15) is 0 Å². The van der Waals surface area contributed by atoms with Gasteiger partial charge in [0.1, 0.15) is 11.9 Å². The highest BCUT2D eigenvalue weighted by atomic mass is 32.2. The molecule has 1 aliphatic heterocycles. The summed E-state index contributed by atoms with van der Waals surface area (Å²) in [5.74, 6) is 1.83. The normalized spacial score (nSPS) is 15.8. The number of hydrogen-bond acceptors (Lipinski definition) is 4. The number of guanidine groups is 1. The van der Waals surface area contributed by atoms with Crippen molar-refractivity contribution in [1.82, 2.24) is 10.2 Å². The largest absolute Gasteiger partial charge is 0.490 e. The Bertz CT molecular complexity index is 923. The van der Waals surface area contributed by atoms with Crippen molar-refractivity contribution in [3.05, 3.63) is 60.2 Å². The third-order valence-corrected chi connectivity index (χ3v) is 5.97. The topological polar surface area (TPSA) is 97.0 Å². The number of nitrogens with zero attached hydrogens (tertiary/aromatic N) is 2. The quantitative estimate of drug-likeness (QED) is 0.519. The van der Waals surface area contributed by atoms with Crippen molar-refractivity contribution in [2.24, 2.45) is 10.1 Å².